The Morgan fingerprint density at radius 3 is 2.66 bits per heavy atom. The van der Waals surface area contributed by atoms with Crippen molar-refractivity contribution in [3.8, 4) is 0 Å². The summed E-state index contributed by atoms with van der Waals surface area (Å²) >= 11 is 0. The van der Waals surface area contributed by atoms with Gasteiger partial charge in [0.15, 0.2) is 0 Å². The first-order valence-electron chi connectivity index (χ1n) is 11.1. The van der Waals surface area contributed by atoms with Crippen LogP contribution >= 0.6 is 0 Å². The summed E-state index contributed by atoms with van der Waals surface area (Å²) in [7, 11) is 1.89. The van der Waals surface area contributed by atoms with Gasteiger partial charge in [-0.05, 0) is 51.1 Å². The second-order valence-corrected chi connectivity index (χ2v) is 8.54. The summed E-state index contributed by atoms with van der Waals surface area (Å²) in [5.74, 6) is -0.360. The van der Waals surface area contributed by atoms with Crippen molar-refractivity contribution < 1.29 is 9.59 Å². The van der Waals surface area contributed by atoms with E-state index >= 15 is 0 Å². The van der Waals surface area contributed by atoms with Crippen LogP contribution in [0, 0.1) is 6.92 Å². The zero-order chi connectivity index (χ0) is 22.7. The Labute approximate surface area is 187 Å². The third kappa shape index (κ3) is 4.99. The average molecular weight is 439 g/mol. The van der Waals surface area contributed by atoms with Crippen LogP contribution in [0.2, 0.25) is 0 Å². The van der Waals surface area contributed by atoms with Crippen LogP contribution in [0.4, 0.5) is 11.4 Å². The number of anilines is 2. The third-order valence-corrected chi connectivity index (χ3v) is 6.17. The van der Waals surface area contributed by atoms with Crippen molar-refractivity contribution in [3.05, 3.63) is 52.4 Å². The Bertz CT molecular complexity index is 1050. The van der Waals surface area contributed by atoms with E-state index in [1.807, 2.05) is 30.1 Å². The van der Waals surface area contributed by atoms with Crippen molar-refractivity contribution in [1.82, 2.24) is 19.6 Å². The zero-order valence-electron chi connectivity index (χ0n) is 18.7. The van der Waals surface area contributed by atoms with Crippen molar-refractivity contribution in [2.24, 2.45) is 0 Å². The smallest absolute Gasteiger partial charge is 0.267 e. The largest absolute Gasteiger partial charge is 0.371 e. The maximum absolute atomic E-state index is 13.1. The van der Waals surface area contributed by atoms with Gasteiger partial charge in [0.25, 0.3) is 5.56 Å². The number of piperazine rings is 1. The van der Waals surface area contributed by atoms with E-state index in [2.05, 4.69) is 21.4 Å². The maximum Gasteiger partial charge on any atom is 0.267 e. The number of aromatic nitrogens is 2. The highest BCUT2D eigenvalue weighted by Crippen LogP contribution is 2.23. The monoisotopic (exact) mass is 438 g/mol. The van der Waals surface area contributed by atoms with Gasteiger partial charge in [0.1, 0.15) is 12.6 Å². The van der Waals surface area contributed by atoms with E-state index < -0.39 is 6.04 Å². The molecule has 1 aromatic carbocycles. The minimum Gasteiger partial charge on any atom is -0.371 e. The molecule has 1 N–H and O–H groups in total. The molecule has 2 fully saturated rings. The van der Waals surface area contributed by atoms with Gasteiger partial charge in [-0.1, -0.05) is 6.07 Å². The first-order valence-corrected chi connectivity index (χ1v) is 11.1. The van der Waals surface area contributed by atoms with Crippen LogP contribution in [0.15, 0.2) is 41.2 Å². The minimum atomic E-state index is -0.467. The van der Waals surface area contributed by atoms with E-state index in [4.69, 9.17) is 0 Å². The van der Waals surface area contributed by atoms with Gasteiger partial charge < -0.3 is 15.1 Å². The molecule has 0 spiro atoms. The van der Waals surface area contributed by atoms with Gasteiger partial charge in [-0.3, -0.25) is 19.3 Å². The quantitative estimate of drug-likeness (QED) is 0.747. The summed E-state index contributed by atoms with van der Waals surface area (Å²) in [6.07, 6.45) is 2.38. The van der Waals surface area contributed by atoms with E-state index in [0.29, 0.717) is 18.8 Å². The van der Waals surface area contributed by atoms with Gasteiger partial charge in [0, 0.05) is 50.2 Å². The summed E-state index contributed by atoms with van der Waals surface area (Å²) in [6, 6.07) is 10.5. The number of amides is 2. The molecule has 1 atom stereocenters. The fraction of sp³-hybridized carbons (Fsp3) is 0.478. The molecule has 1 unspecified atom stereocenters. The van der Waals surface area contributed by atoms with Crippen molar-refractivity contribution in [2.75, 3.05) is 50.0 Å². The lowest BCUT2D eigenvalue weighted by atomic mass is 10.1. The zero-order valence-corrected chi connectivity index (χ0v) is 18.7. The molecule has 0 radical (unpaired) electrons. The summed E-state index contributed by atoms with van der Waals surface area (Å²) in [6.45, 7) is 5.08. The molecule has 2 aliphatic heterocycles. The molecule has 1 aromatic heterocycles. The van der Waals surface area contributed by atoms with Crippen LogP contribution in [0.5, 0.6) is 0 Å². The Morgan fingerprint density at radius 2 is 1.88 bits per heavy atom. The molecular formula is C23H30N6O3. The molecule has 3 heterocycles. The molecular weight excluding hydrogens is 408 g/mol. The first-order chi connectivity index (χ1) is 15.4. The number of likely N-dealkylation sites (N-methyl/N-ethyl adjacent to an activating group) is 1. The van der Waals surface area contributed by atoms with Crippen molar-refractivity contribution in [3.63, 3.8) is 0 Å². The van der Waals surface area contributed by atoms with Crippen molar-refractivity contribution >= 4 is 23.2 Å². The Balaban J connectivity index is 1.41. The Morgan fingerprint density at radius 1 is 1.09 bits per heavy atom. The Hall–Kier alpha value is -3.20. The van der Waals surface area contributed by atoms with Gasteiger partial charge in [0.2, 0.25) is 11.8 Å². The molecule has 0 saturated carbocycles. The maximum atomic E-state index is 13.1. The molecule has 9 heteroatoms. The third-order valence-electron chi connectivity index (χ3n) is 6.17. The number of carbonyl (C=O) groups excluding carboxylic acids is 2. The second kappa shape index (κ2) is 9.52. The number of benzene rings is 1. The number of nitrogens with one attached hydrogen (secondary N) is 1. The standard InChI is InChI=1S/C23H30N6O3/c1-17-8-9-21(30)29(25-17)16-22(31)28-13-12-26(2)20(15-28)23(32)24-18-6-5-7-19(14-18)27-10-3-4-11-27/h5-9,14,20H,3-4,10-13,15-16H2,1-2H3,(H,24,32). The number of rotatable bonds is 5. The topological polar surface area (TPSA) is 90.8 Å². The van der Waals surface area contributed by atoms with Gasteiger partial charge in [-0.25, -0.2) is 4.68 Å². The SMILES string of the molecule is Cc1ccc(=O)n(CC(=O)N2CCN(C)C(C(=O)Nc3cccc(N4CCCC4)c3)C2)n1. The fourth-order valence-corrected chi connectivity index (χ4v) is 4.26. The summed E-state index contributed by atoms with van der Waals surface area (Å²) < 4.78 is 1.18. The predicted octanol–water partition coefficient (Wildman–Crippen LogP) is 0.933. The molecule has 0 aliphatic carbocycles. The lowest BCUT2D eigenvalue weighted by molar-refractivity contribution is -0.136. The van der Waals surface area contributed by atoms with Gasteiger partial charge in [-0.15, -0.1) is 0 Å². The van der Waals surface area contributed by atoms with Crippen LogP contribution < -0.4 is 15.8 Å². The number of hydrogen-bond acceptors (Lipinski definition) is 6. The summed E-state index contributed by atoms with van der Waals surface area (Å²) in [4.78, 5) is 43.8. The molecule has 9 nitrogen and oxygen atoms in total. The van der Waals surface area contributed by atoms with Crippen LogP contribution in [0.3, 0.4) is 0 Å². The normalized spacial score (nSPS) is 19.2. The number of nitrogens with zero attached hydrogens (tertiary/aromatic N) is 5. The summed E-state index contributed by atoms with van der Waals surface area (Å²) in [5, 5.41) is 7.16. The van der Waals surface area contributed by atoms with Crippen LogP contribution in [-0.4, -0.2) is 77.2 Å². The van der Waals surface area contributed by atoms with Crippen LogP contribution in [-0.2, 0) is 16.1 Å². The number of carbonyl (C=O) groups is 2. The minimum absolute atomic E-state index is 0.129. The lowest BCUT2D eigenvalue weighted by Gasteiger charge is -2.38. The van der Waals surface area contributed by atoms with E-state index in [1.165, 1.54) is 23.6 Å². The second-order valence-electron chi connectivity index (χ2n) is 8.54. The van der Waals surface area contributed by atoms with Gasteiger partial charge >= 0.3 is 0 Å². The van der Waals surface area contributed by atoms with E-state index in [0.717, 1.165) is 24.5 Å². The van der Waals surface area contributed by atoms with E-state index in [1.54, 1.807) is 17.9 Å². The van der Waals surface area contributed by atoms with E-state index in [-0.39, 0.29) is 30.5 Å². The van der Waals surface area contributed by atoms with E-state index in [9.17, 15) is 14.4 Å². The molecule has 2 aromatic rings. The van der Waals surface area contributed by atoms with Crippen LogP contribution in [0.1, 0.15) is 18.5 Å². The Kier molecular flexibility index (Phi) is 6.55. The highest BCUT2D eigenvalue weighted by Gasteiger charge is 2.32. The molecule has 170 valence electrons. The highest BCUT2D eigenvalue weighted by atomic mass is 16.2. The number of hydrogen-bond donors (Lipinski definition) is 1. The highest BCUT2D eigenvalue weighted by molar-refractivity contribution is 5.96. The molecule has 2 saturated heterocycles. The van der Waals surface area contributed by atoms with Crippen molar-refractivity contribution in [1.29, 1.82) is 0 Å². The molecule has 2 amide bonds. The van der Waals surface area contributed by atoms with Crippen molar-refractivity contribution in [2.45, 2.75) is 32.4 Å². The fourth-order valence-electron chi connectivity index (χ4n) is 4.26. The van der Waals surface area contributed by atoms with Gasteiger partial charge in [-0.2, -0.15) is 5.10 Å². The molecule has 2 aliphatic rings. The van der Waals surface area contributed by atoms with Gasteiger partial charge in [0.05, 0.1) is 5.69 Å². The first kappa shape index (κ1) is 22.0. The molecule has 4 rings (SSSR count). The summed E-state index contributed by atoms with van der Waals surface area (Å²) in [5.41, 5.74) is 2.23. The number of aryl methyl sites for hydroxylation is 1. The lowest BCUT2D eigenvalue weighted by Crippen LogP contribution is -2.58. The molecule has 32 heavy (non-hydrogen) atoms. The predicted molar refractivity (Wildman–Crippen MR) is 123 cm³/mol. The van der Waals surface area contributed by atoms with Crippen LogP contribution in [0.25, 0.3) is 0 Å². The average Bonchev–Trinajstić information content (AvgIpc) is 3.32. The molecule has 0 bridgehead atoms.